The number of carbonyl (C=O) groups is 1. The van der Waals surface area contributed by atoms with Crippen molar-refractivity contribution < 1.29 is 9.18 Å². The lowest BCUT2D eigenvalue weighted by molar-refractivity contribution is 0.0960. The van der Waals surface area contributed by atoms with Crippen molar-refractivity contribution in [1.29, 1.82) is 5.26 Å². The Morgan fingerprint density at radius 3 is 2.94 bits per heavy atom. The molecule has 0 aliphatic heterocycles. The van der Waals surface area contributed by atoms with Crippen LogP contribution in [0.25, 0.3) is 10.1 Å². The van der Waals surface area contributed by atoms with E-state index < -0.39 is 5.92 Å². The van der Waals surface area contributed by atoms with Gasteiger partial charge in [-0.1, -0.05) is 6.07 Å². The van der Waals surface area contributed by atoms with E-state index in [0.29, 0.717) is 4.88 Å². The quantitative estimate of drug-likeness (QED) is 0.746. The maximum Gasteiger partial charge on any atom is 0.189 e. The Balaban J connectivity index is 2.48. The van der Waals surface area contributed by atoms with Crippen LogP contribution in [-0.2, 0) is 0 Å². The van der Waals surface area contributed by atoms with Gasteiger partial charge in [-0.25, -0.2) is 4.39 Å². The van der Waals surface area contributed by atoms with Crippen LogP contribution < -0.4 is 0 Å². The minimum atomic E-state index is -0.655. The monoisotopic (exact) mass is 233 g/mol. The highest BCUT2D eigenvalue weighted by atomic mass is 32.1. The van der Waals surface area contributed by atoms with Crippen molar-refractivity contribution in [1.82, 2.24) is 0 Å². The first-order valence-corrected chi connectivity index (χ1v) is 5.56. The molecule has 0 fully saturated rings. The first kappa shape index (κ1) is 10.8. The summed E-state index contributed by atoms with van der Waals surface area (Å²) in [6.45, 7) is 1.56. The van der Waals surface area contributed by atoms with Crippen LogP contribution >= 0.6 is 11.3 Å². The van der Waals surface area contributed by atoms with Crippen molar-refractivity contribution in [3.05, 3.63) is 35.0 Å². The minimum absolute atomic E-state index is 0.205. The van der Waals surface area contributed by atoms with Crippen LogP contribution in [0.1, 0.15) is 16.6 Å². The molecule has 0 saturated carbocycles. The summed E-state index contributed by atoms with van der Waals surface area (Å²) in [5, 5.41) is 9.49. The van der Waals surface area contributed by atoms with Crippen LogP contribution in [0.3, 0.4) is 0 Å². The fourth-order valence-electron chi connectivity index (χ4n) is 1.40. The first-order chi connectivity index (χ1) is 7.61. The van der Waals surface area contributed by atoms with Crippen LogP contribution in [0.15, 0.2) is 24.3 Å². The molecule has 0 amide bonds. The van der Waals surface area contributed by atoms with Crippen LogP contribution in [0.5, 0.6) is 0 Å². The molecule has 0 aliphatic rings. The molecule has 0 spiro atoms. The zero-order chi connectivity index (χ0) is 11.7. The van der Waals surface area contributed by atoms with Gasteiger partial charge in [0, 0.05) is 4.70 Å². The molecule has 1 aromatic carbocycles. The highest BCUT2D eigenvalue weighted by Gasteiger charge is 2.17. The summed E-state index contributed by atoms with van der Waals surface area (Å²) >= 11 is 1.22. The van der Waals surface area contributed by atoms with Crippen LogP contribution in [-0.4, -0.2) is 5.78 Å². The maximum absolute atomic E-state index is 12.9. The largest absolute Gasteiger partial charge is 0.292 e. The van der Waals surface area contributed by atoms with Crippen molar-refractivity contribution in [3.8, 4) is 6.07 Å². The molecule has 0 aliphatic carbocycles. The molecule has 1 aromatic heterocycles. The second-order valence-electron chi connectivity index (χ2n) is 3.51. The van der Waals surface area contributed by atoms with Gasteiger partial charge in [0.05, 0.1) is 10.9 Å². The second kappa shape index (κ2) is 4.03. The third-order valence-corrected chi connectivity index (χ3v) is 3.42. The molecular formula is C12H8FNOS. The summed E-state index contributed by atoms with van der Waals surface area (Å²) in [5.74, 6) is -1.18. The number of thiophene rings is 1. The van der Waals surface area contributed by atoms with Gasteiger partial charge in [-0.3, -0.25) is 4.79 Å². The summed E-state index contributed by atoms with van der Waals surface area (Å²) in [6, 6.07) is 7.99. The highest BCUT2D eigenvalue weighted by Crippen LogP contribution is 2.27. The lowest BCUT2D eigenvalue weighted by atomic mass is 10.1. The van der Waals surface area contributed by atoms with Gasteiger partial charge in [0.15, 0.2) is 5.78 Å². The van der Waals surface area contributed by atoms with E-state index in [-0.39, 0.29) is 11.6 Å². The average Bonchev–Trinajstić information content (AvgIpc) is 2.69. The van der Waals surface area contributed by atoms with Gasteiger partial charge >= 0.3 is 0 Å². The van der Waals surface area contributed by atoms with Gasteiger partial charge in [0.25, 0.3) is 0 Å². The molecular weight excluding hydrogens is 225 g/mol. The standard InChI is InChI=1S/C12H8FNOS/c1-7(6-14)12(15)11-4-8-2-3-9(13)5-10(8)16-11/h2-5,7H,1H3. The SMILES string of the molecule is CC(C#N)C(=O)c1cc2ccc(F)cc2s1. The van der Waals surface area contributed by atoms with Crippen molar-refractivity contribution in [2.75, 3.05) is 0 Å². The molecule has 0 bridgehead atoms. The molecule has 0 radical (unpaired) electrons. The molecule has 80 valence electrons. The lowest BCUT2D eigenvalue weighted by Crippen LogP contribution is -2.06. The van der Waals surface area contributed by atoms with E-state index in [1.165, 1.54) is 23.5 Å². The van der Waals surface area contributed by atoms with E-state index >= 15 is 0 Å². The Hall–Kier alpha value is -1.73. The van der Waals surface area contributed by atoms with Crippen LogP contribution in [0.4, 0.5) is 4.39 Å². The Bertz CT molecular complexity index is 597. The van der Waals surface area contributed by atoms with Gasteiger partial charge in [-0.05, 0) is 30.5 Å². The number of ketones is 1. The summed E-state index contributed by atoms with van der Waals surface area (Å²) in [6.07, 6.45) is 0. The third-order valence-electron chi connectivity index (χ3n) is 2.31. The molecule has 16 heavy (non-hydrogen) atoms. The van der Waals surface area contributed by atoms with E-state index in [2.05, 4.69) is 0 Å². The van der Waals surface area contributed by atoms with Crippen molar-refractivity contribution in [3.63, 3.8) is 0 Å². The van der Waals surface area contributed by atoms with Gasteiger partial charge in [0.2, 0.25) is 0 Å². The van der Waals surface area contributed by atoms with E-state index in [4.69, 9.17) is 5.26 Å². The summed E-state index contributed by atoms with van der Waals surface area (Å²) in [5.41, 5.74) is 0. The number of benzene rings is 1. The van der Waals surface area contributed by atoms with Gasteiger partial charge in [-0.2, -0.15) is 5.26 Å². The second-order valence-corrected chi connectivity index (χ2v) is 4.59. The Labute approximate surface area is 95.9 Å². The zero-order valence-electron chi connectivity index (χ0n) is 8.53. The number of carbonyl (C=O) groups excluding carboxylic acids is 1. The molecule has 0 saturated heterocycles. The number of halogens is 1. The third kappa shape index (κ3) is 1.82. The number of hydrogen-bond acceptors (Lipinski definition) is 3. The van der Waals surface area contributed by atoms with E-state index in [1.807, 2.05) is 6.07 Å². The van der Waals surface area contributed by atoms with E-state index in [0.717, 1.165) is 10.1 Å². The number of rotatable bonds is 2. The smallest absolute Gasteiger partial charge is 0.189 e. The maximum atomic E-state index is 12.9. The average molecular weight is 233 g/mol. The molecule has 1 atom stereocenters. The Morgan fingerprint density at radius 1 is 1.50 bits per heavy atom. The molecule has 2 rings (SSSR count). The number of nitriles is 1. The fraction of sp³-hybridized carbons (Fsp3) is 0.167. The summed E-state index contributed by atoms with van der Waals surface area (Å²) < 4.78 is 13.7. The van der Waals surface area contributed by atoms with Crippen LogP contribution in [0, 0.1) is 23.1 Å². The Morgan fingerprint density at radius 2 is 2.25 bits per heavy atom. The van der Waals surface area contributed by atoms with Gasteiger partial charge in [-0.15, -0.1) is 11.3 Å². The molecule has 2 aromatic rings. The topological polar surface area (TPSA) is 40.9 Å². The van der Waals surface area contributed by atoms with E-state index in [9.17, 15) is 9.18 Å². The number of Topliss-reactive ketones (excluding diaryl/α,β-unsaturated/α-hetero) is 1. The molecule has 1 heterocycles. The normalized spacial score (nSPS) is 12.3. The van der Waals surface area contributed by atoms with Crippen molar-refractivity contribution in [2.45, 2.75) is 6.92 Å². The predicted molar refractivity (Wildman–Crippen MR) is 60.9 cm³/mol. The molecule has 1 unspecified atom stereocenters. The zero-order valence-corrected chi connectivity index (χ0v) is 9.34. The van der Waals surface area contributed by atoms with Crippen LogP contribution in [0.2, 0.25) is 0 Å². The fourth-order valence-corrected chi connectivity index (χ4v) is 2.51. The van der Waals surface area contributed by atoms with Gasteiger partial charge in [0.1, 0.15) is 11.7 Å². The summed E-state index contributed by atoms with van der Waals surface area (Å²) in [7, 11) is 0. The van der Waals surface area contributed by atoms with Gasteiger partial charge < -0.3 is 0 Å². The van der Waals surface area contributed by atoms with E-state index in [1.54, 1.807) is 19.1 Å². The Kier molecular flexibility index (Phi) is 2.71. The molecule has 0 N–H and O–H groups in total. The minimum Gasteiger partial charge on any atom is -0.292 e. The first-order valence-electron chi connectivity index (χ1n) is 4.75. The number of nitrogens with zero attached hydrogens (tertiary/aromatic N) is 1. The molecule has 4 heteroatoms. The van der Waals surface area contributed by atoms with Crippen molar-refractivity contribution >= 4 is 27.2 Å². The number of fused-ring (bicyclic) bond motifs is 1. The number of hydrogen-bond donors (Lipinski definition) is 0. The summed E-state index contributed by atoms with van der Waals surface area (Å²) in [4.78, 5) is 12.2. The predicted octanol–water partition coefficient (Wildman–Crippen LogP) is 3.38. The lowest BCUT2D eigenvalue weighted by Gasteiger charge is -1.95. The molecule has 2 nitrogen and oxygen atoms in total. The van der Waals surface area contributed by atoms with Crippen molar-refractivity contribution in [2.24, 2.45) is 5.92 Å². The highest BCUT2D eigenvalue weighted by molar-refractivity contribution is 7.20.